The predicted octanol–water partition coefficient (Wildman–Crippen LogP) is 18.6. The highest BCUT2D eigenvalue weighted by Gasteiger charge is 2.30. The molecule has 0 aliphatic carbocycles. The van der Waals surface area contributed by atoms with Crippen molar-refractivity contribution in [2.75, 3.05) is 39.6 Å². The molecule has 0 aromatic carbocycles. The minimum Gasteiger partial charge on any atom is -0.462 e. The number of aliphatic hydroxyl groups excluding tert-OH is 1. The molecule has 0 amide bonds. The number of carbonyl (C=O) groups excluding carboxylic acids is 4. The minimum atomic E-state index is -4.94. The maximum absolute atomic E-state index is 13.0. The largest absolute Gasteiger partial charge is 0.472 e. The number of phosphoric ester groups is 2. The zero-order valence-corrected chi connectivity index (χ0v) is 56.5. The van der Waals surface area contributed by atoms with E-state index in [1.54, 1.807) is 0 Å². The van der Waals surface area contributed by atoms with Gasteiger partial charge in [0.05, 0.1) is 26.4 Å². The Morgan fingerprint density at radius 2 is 0.541 bits per heavy atom. The summed E-state index contributed by atoms with van der Waals surface area (Å²) in [5.41, 5.74) is 0. The van der Waals surface area contributed by atoms with Crippen LogP contribution in [0.15, 0.2) is 0 Å². The van der Waals surface area contributed by atoms with E-state index in [9.17, 15) is 43.2 Å². The molecule has 504 valence electrons. The normalized spacial score (nSPS) is 14.2. The molecule has 0 radical (unpaired) electrons. The number of ether oxygens (including phenoxy) is 4. The van der Waals surface area contributed by atoms with E-state index in [1.807, 2.05) is 0 Å². The van der Waals surface area contributed by atoms with Crippen LogP contribution >= 0.6 is 15.6 Å². The number of aliphatic hydroxyl groups is 1. The smallest absolute Gasteiger partial charge is 0.462 e. The third kappa shape index (κ3) is 60.7. The minimum absolute atomic E-state index is 0.106. The van der Waals surface area contributed by atoms with Crippen LogP contribution in [0.4, 0.5) is 0 Å². The number of unbranched alkanes of at least 4 members (excludes halogenated alkanes) is 38. The van der Waals surface area contributed by atoms with Crippen molar-refractivity contribution in [1.82, 2.24) is 0 Å². The first kappa shape index (κ1) is 83.1. The average Bonchev–Trinajstić information content (AvgIpc) is 3.62. The first-order chi connectivity index (χ1) is 41.0. The Balaban J connectivity index is 5.13. The summed E-state index contributed by atoms with van der Waals surface area (Å²) in [6, 6.07) is 0. The lowest BCUT2D eigenvalue weighted by Crippen LogP contribution is -2.30. The second-order valence-electron chi connectivity index (χ2n) is 24.3. The predicted molar refractivity (Wildman–Crippen MR) is 340 cm³/mol. The van der Waals surface area contributed by atoms with Crippen LogP contribution in [0.25, 0.3) is 0 Å². The molecule has 0 fully saturated rings. The Labute approximate surface area is 517 Å². The summed E-state index contributed by atoms with van der Waals surface area (Å²) in [5.74, 6) is -1.32. The molecule has 0 aromatic heterocycles. The molecule has 0 saturated heterocycles. The van der Waals surface area contributed by atoms with E-state index >= 15 is 0 Å². The lowest BCUT2D eigenvalue weighted by Gasteiger charge is -2.21. The van der Waals surface area contributed by atoms with Gasteiger partial charge in [-0.05, 0) is 31.6 Å². The van der Waals surface area contributed by atoms with Gasteiger partial charge in [0.1, 0.15) is 19.3 Å². The zero-order valence-electron chi connectivity index (χ0n) is 54.7. The van der Waals surface area contributed by atoms with Crippen LogP contribution in [0.5, 0.6) is 0 Å². The molecule has 3 N–H and O–H groups in total. The Morgan fingerprint density at radius 1 is 0.318 bits per heavy atom. The van der Waals surface area contributed by atoms with Gasteiger partial charge in [0.2, 0.25) is 0 Å². The van der Waals surface area contributed by atoms with Gasteiger partial charge in [0, 0.05) is 25.7 Å². The monoisotopic (exact) mass is 1250 g/mol. The molecule has 0 saturated carbocycles. The first-order valence-corrected chi connectivity index (χ1v) is 37.6. The van der Waals surface area contributed by atoms with E-state index in [0.717, 1.165) is 102 Å². The highest BCUT2D eigenvalue weighted by Crippen LogP contribution is 2.45. The van der Waals surface area contributed by atoms with Gasteiger partial charge in [0.25, 0.3) is 0 Å². The fourth-order valence-corrected chi connectivity index (χ4v) is 11.5. The number of phosphoric acid groups is 2. The van der Waals surface area contributed by atoms with E-state index in [-0.39, 0.29) is 25.7 Å². The molecular weight excluding hydrogens is 1130 g/mol. The van der Waals surface area contributed by atoms with Gasteiger partial charge < -0.3 is 33.8 Å². The van der Waals surface area contributed by atoms with Crippen LogP contribution in [-0.4, -0.2) is 96.7 Å². The molecule has 2 unspecified atom stereocenters. The summed E-state index contributed by atoms with van der Waals surface area (Å²) >= 11 is 0. The van der Waals surface area contributed by atoms with Gasteiger partial charge in [-0.25, -0.2) is 9.13 Å². The molecule has 17 nitrogen and oxygen atoms in total. The second kappa shape index (κ2) is 59.7. The lowest BCUT2D eigenvalue weighted by molar-refractivity contribution is -0.161. The summed E-state index contributed by atoms with van der Waals surface area (Å²) in [6.45, 7) is 7.18. The number of rotatable bonds is 66. The first-order valence-electron chi connectivity index (χ1n) is 34.6. The van der Waals surface area contributed by atoms with Gasteiger partial charge in [-0.2, -0.15) is 0 Å². The molecule has 0 bridgehead atoms. The summed E-state index contributed by atoms with van der Waals surface area (Å²) in [7, 11) is -9.88. The topological polar surface area (TPSA) is 237 Å². The fraction of sp³-hybridized carbons (Fsp3) is 0.939. The summed E-state index contributed by atoms with van der Waals surface area (Å²) in [5, 5.41) is 10.5. The van der Waals surface area contributed by atoms with Crippen molar-refractivity contribution in [2.24, 2.45) is 5.92 Å². The van der Waals surface area contributed by atoms with E-state index in [1.165, 1.54) is 154 Å². The number of hydrogen-bond donors (Lipinski definition) is 3. The Bertz CT molecular complexity index is 1650. The molecule has 0 aliphatic rings. The second-order valence-corrected chi connectivity index (χ2v) is 27.2. The van der Waals surface area contributed by atoms with E-state index in [2.05, 4.69) is 34.6 Å². The number of esters is 4. The van der Waals surface area contributed by atoms with E-state index in [0.29, 0.717) is 25.7 Å². The molecule has 5 atom stereocenters. The lowest BCUT2D eigenvalue weighted by atomic mass is 10.0. The van der Waals surface area contributed by atoms with Crippen LogP contribution in [0.3, 0.4) is 0 Å². The van der Waals surface area contributed by atoms with Crippen LogP contribution in [0.1, 0.15) is 336 Å². The molecule has 85 heavy (non-hydrogen) atoms. The summed E-state index contributed by atoms with van der Waals surface area (Å²) < 4.78 is 67.9. The highest BCUT2D eigenvalue weighted by molar-refractivity contribution is 7.47. The maximum Gasteiger partial charge on any atom is 0.472 e. The number of hydrogen-bond acceptors (Lipinski definition) is 15. The van der Waals surface area contributed by atoms with Crippen molar-refractivity contribution in [1.29, 1.82) is 0 Å². The van der Waals surface area contributed by atoms with Crippen molar-refractivity contribution in [2.45, 2.75) is 355 Å². The van der Waals surface area contributed by atoms with E-state index < -0.39 is 97.5 Å². The van der Waals surface area contributed by atoms with Crippen molar-refractivity contribution >= 4 is 39.5 Å². The Morgan fingerprint density at radius 3 is 0.800 bits per heavy atom. The maximum atomic E-state index is 13.0. The molecule has 0 spiro atoms. The van der Waals surface area contributed by atoms with Crippen LogP contribution < -0.4 is 0 Å². The standard InChI is InChI=1S/C66H128O17P2/c1-6-9-12-15-18-29-35-40-45-50-64(69)77-56-62(83-66(71)52-47-42-37-32-28-26-24-22-21-23-25-27-31-33-38-43-48-59(4)5)58-81-85(74,75)79-54-60(67)53-78-84(72,73)80-57-61(55-76-63(68)49-44-39-34-20-17-14-11-8-3)82-65(70)51-46-41-36-30-19-16-13-10-7-2/h59-62,67H,6-58H2,1-5H3,(H,72,73)(H,74,75)/t60-,61+,62+/m0/s1. The fourth-order valence-electron chi connectivity index (χ4n) is 9.94. The van der Waals surface area contributed by atoms with Crippen LogP contribution in [0.2, 0.25) is 0 Å². The molecule has 19 heteroatoms. The zero-order chi connectivity index (χ0) is 62.8. The van der Waals surface area contributed by atoms with Gasteiger partial charge >= 0.3 is 39.5 Å². The summed E-state index contributed by atoms with van der Waals surface area (Å²) in [4.78, 5) is 72.1. The van der Waals surface area contributed by atoms with Gasteiger partial charge in [-0.15, -0.1) is 0 Å². The van der Waals surface area contributed by atoms with Crippen molar-refractivity contribution in [3.63, 3.8) is 0 Å². The van der Waals surface area contributed by atoms with Gasteiger partial charge in [-0.1, -0.05) is 285 Å². The van der Waals surface area contributed by atoms with E-state index in [4.69, 9.17) is 37.0 Å². The van der Waals surface area contributed by atoms with Gasteiger partial charge in [0.15, 0.2) is 12.2 Å². The van der Waals surface area contributed by atoms with Crippen molar-refractivity contribution in [3.8, 4) is 0 Å². The Kier molecular flexibility index (Phi) is 58.3. The molecule has 0 aliphatic heterocycles. The van der Waals surface area contributed by atoms with Crippen molar-refractivity contribution in [3.05, 3.63) is 0 Å². The third-order valence-electron chi connectivity index (χ3n) is 15.3. The van der Waals surface area contributed by atoms with Crippen LogP contribution in [-0.2, 0) is 65.4 Å². The van der Waals surface area contributed by atoms with Crippen LogP contribution in [0, 0.1) is 5.92 Å². The SMILES string of the molecule is CCCCCCCCCCCC(=O)OC[C@H](COP(=O)(O)OC[C@@H](O)COP(=O)(O)OC[C@@H](COC(=O)CCCCCCCCCC)OC(=O)CCCCCCCCCCC)OC(=O)CCCCCCCCCCCCCCCCCCC(C)C. The number of carbonyl (C=O) groups is 4. The molecular formula is C66H128O17P2. The molecule has 0 rings (SSSR count). The molecule has 0 heterocycles. The van der Waals surface area contributed by atoms with Gasteiger partial charge in [-0.3, -0.25) is 37.3 Å². The quantitative estimate of drug-likeness (QED) is 0.0222. The Hall–Kier alpha value is -1.94. The average molecular weight is 1260 g/mol. The third-order valence-corrected chi connectivity index (χ3v) is 17.2. The highest BCUT2D eigenvalue weighted by atomic mass is 31.2. The summed E-state index contributed by atoms with van der Waals surface area (Å²) in [6.07, 6.45) is 44.6. The van der Waals surface area contributed by atoms with Crippen molar-refractivity contribution < 1.29 is 80.2 Å². The molecule has 0 aromatic rings.